The number of urea groups is 2. The van der Waals surface area contributed by atoms with Crippen LogP contribution in [0.1, 0.15) is 11.1 Å². The number of hydrogen-bond donors (Lipinski definition) is 4. The lowest BCUT2D eigenvalue weighted by Gasteiger charge is -2.31. The summed E-state index contributed by atoms with van der Waals surface area (Å²) in [6.45, 7) is 0.707. The van der Waals surface area contributed by atoms with Gasteiger partial charge < -0.3 is 29.6 Å². The molecule has 4 aromatic rings. The van der Waals surface area contributed by atoms with Crippen LogP contribution in [0.2, 0.25) is 0 Å². The van der Waals surface area contributed by atoms with E-state index in [1.54, 1.807) is 72.8 Å². The second-order valence-electron chi connectivity index (χ2n) is 9.23. The zero-order chi connectivity index (χ0) is 30.4. The topological polar surface area (TPSA) is 144 Å². The van der Waals surface area contributed by atoms with Crippen molar-refractivity contribution in [3.63, 3.8) is 0 Å². The fraction of sp³-hybridized carbons (Fsp3) is 0.125. The van der Waals surface area contributed by atoms with Gasteiger partial charge in [-0.3, -0.25) is 0 Å². The Labute approximate surface area is 253 Å². The van der Waals surface area contributed by atoms with Crippen LogP contribution in [0.3, 0.4) is 0 Å². The van der Waals surface area contributed by atoms with E-state index in [1.165, 1.54) is 12.4 Å². The van der Waals surface area contributed by atoms with Crippen molar-refractivity contribution >= 4 is 35.9 Å². The number of hydrogen-bond acceptors (Lipinski definition) is 8. The van der Waals surface area contributed by atoms with Crippen LogP contribution < -0.4 is 31.0 Å². The molecule has 4 N–H and O–H groups in total. The number of carbonyl (C=O) groups excluding carboxylic acids is 2. The van der Waals surface area contributed by atoms with Gasteiger partial charge in [0.15, 0.2) is 0 Å². The molecular formula is C32H30N6O6. The van der Waals surface area contributed by atoms with E-state index in [4.69, 9.17) is 18.9 Å². The van der Waals surface area contributed by atoms with Crippen molar-refractivity contribution in [1.82, 2.24) is 10.9 Å². The van der Waals surface area contributed by atoms with Gasteiger partial charge in [0.2, 0.25) is 0 Å². The molecule has 0 bridgehead atoms. The van der Waals surface area contributed by atoms with E-state index in [2.05, 4.69) is 31.7 Å². The SMILES string of the molecule is O=C(N/N=C\c1ccc(O[C@@H]2OCCO[C@@H]2Oc2ccc(/C=N/NC(=O)Nc3ccccc3)cc2)cc1)Nc1ccccc1. The van der Waals surface area contributed by atoms with Gasteiger partial charge in [0.05, 0.1) is 25.6 Å². The second-order valence-corrected chi connectivity index (χ2v) is 9.23. The molecule has 0 radical (unpaired) electrons. The third-order valence-corrected chi connectivity index (χ3v) is 5.96. The molecular weight excluding hydrogens is 564 g/mol. The minimum atomic E-state index is -0.805. The van der Waals surface area contributed by atoms with Crippen LogP contribution in [0.15, 0.2) is 119 Å². The monoisotopic (exact) mass is 594 g/mol. The van der Waals surface area contributed by atoms with Gasteiger partial charge in [0.25, 0.3) is 12.6 Å². The second kappa shape index (κ2) is 15.5. The number of amides is 4. The first-order valence-electron chi connectivity index (χ1n) is 13.7. The summed E-state index contributed by atoms with van der Waals surface area (Å²) in [5.74, 6) is 1.08. The highest BCUT2D eigenvalue weighted by Gasteiger charge is 2.31. The number of nitrogens with one attached hydrogen (secondary N) is 4. The van der Waals surface area contributed by atoms with E-state index < -0.39 is 24.6 Å². The number of carbonyl (C=O) groups is 2. The maximum atomic E-state index is 12.0. The van der Waals surface area contributed by atoms with Gasteiger partial charge in [0, 0.05) is 11.4 Å². The van der Waals surface area contributed by atoms with Crippen LogP contribution >= 0.6 is 0 Å². The molecule has 0 spiro atoms. The van der Waals surface area contributed by atoms with E-state index >= 15 is 0 Å². The van der Waals surface area contributed by atoms with Gasteiger partial charge in [-0.25, -0.2) is 20.4 Å². The Kier molecular flexibility index (Phi) is 10.5. The minimum Gasteiger partial charge on any atom is -0.458 e. The van der Waals surface area contributed by atoms with Crippen LogP contribution in [-0.2, 0) is 9.47 Å². The van der Waals surface area contributed by atoms with Gasteiger partial charge >= 0.3 is 12.1 Å². The molecule has 0 aromatic heterocycles. The van der Waals surface area contributed by atoms with Crippen molar-refractivity contribution in [3.05, 3.63) is 120 Å². The minimum absolute atomic E-state index is 0.353. The highest BCUT2D eigenvalue weighted by molar-refractivity contribution is 5.91. The Morgan fingerprint density at radius 3 is 1.36 bits per heavy atom. The molecule has 12 nitrogen and oxygen atoms in total. The quantitative estimate of drug-likeness (QED) is 0.148. The van der Waals surface area contributed by atoms with Gasteiger partial charge in [-0.05, 0) is 83.9 Å². The average Bonchev–Trinajstić information content (AvgIpc) is 3.04. The first-order chi connectivity index (χ1) is 21.6. The molecule has 4 amide bonds. The average molecular weight is 595 g/mol. The predicted molar refractivity (Wildman–Crippen MR) is 166 cm³/mol. The summed E-state index contributed by atoms with van der Waals surface area (Å²) in [4.78, 5) is 23.9. The summed E-state index contributed by atoms with van der Waals surface area (Å²) < 4.78 is 23.5. The Bertz CT molecular complexity index is 1430. The summed E-state index contributed by atoms with van der Waals surface area (Å²) in [6.07, 6.45) is 1.43. The van der Waals surface area contributed by atoms with Crippen molar-refractivity contribution in [2.75, 3.05) is 23.8 Å². The van der Waals surface area contributed by atoms with Crippen molar-refractivity contribution < 1.29 is 28.5 Å². The largest absolute Gasteiger partial charge is 0.458 e. The Morgan fingerprint density at radius 2 is 0.977 bits per heavy atom. The molecule has 1 fully saturated rings. The van der Waals surface area contributed by atoms with Crippen LogP contribution in [0.25, 0.3) is 0 Å². The highest BCUT2D eigenvalue weighted by atomic mass is 16.8. The van der Waals surface area contributed by atoms with E-state index in [9.17, 15) is 9.59 Å². The normalized spacial score (nSPS) is 16.3. The van der Waals surface area contributed by atoms with Gasteiger partial charge in [-0.15, -0.1) is 0 Å². The summed E-state index contributed by atoms with van der Waals surface area (Å²) in [7, 11) is 0. The summed E-state index contributed by atoms with van der Waals surface area (Å²) in [5.41, 5.74) is 7.68. The Morgan fingerprint density at radius 1 is 0.591 bits per heavy atom. The molecule has 2 atom stereocenters. The van der Waals surface area contributed by atoms with Crippen LogP contribution in [0.4, 0.5) is 21.0 Å². The summed E-state index contributed by atoms with van der Waals surface area (Å²) >= 11 is 0. The van der Waals surface area contributed by atoms with Gasteiger partial charge in [-0.1, -0.05) is 36.4 Å². The molecule has 224 valence electrons. The molecule has 0 aliphatic carbocycles. The van der Waals surface area contributed by atoms with E-state index in [0.717, 1.165) is 11.1 Å². The van der Waals surface area contributed by atoms with Crippen LogP contribution in [0, 0.1) is 0 Å². The molecule has 1 heterocycles. The van der Waals surface area contributed by atoms with E-state index in [-0.39, 0.29) is 0 Å². The molecule has 1 aliphatic rings. The van der Waals surface area contributed by atoms with Crippen molar-refractivity contribution in [3.8, 4) is 11.5 Å². The Hall–Kier alpha value is -5.72. The van der Waals surface area contributed by atoms with Crippen LogP contribution in [0.5, 0.6) is 11.5 Å². The number of anilines is 2. The summed E-state index contributed by atoms with van der Waals surface area (Å²) in [5, 5.41) is 13.3. The van der Waals surface area contributed by atoms with Crippen molar-refractivity contribution in [2.24, 2.45) is 10.2 Å². The smallest absolute Gasteiger partial charge is 0.339 e. The zero-order valence-corrected chi connectivity index (χ0v) is 23.5. The highest BCUT2D eigenvalue weighted by Crippen LogP contribution is 2.22. The van der Waals surface area contributed by atoms with Crippen molar-refractivity contribution in [1.29, 1.82) is 0 Å². The third-order valence-electron chi connectivity index (χ3n) is 5.96. The zero-order valence-electron chi connectivity index (χ0n) is 23.5. The standard InChI is InChI=1S/C32H30N6O6/c39-31(35-25-7-3-1-4-8-25)37-33-21-23-11-15-27(16-12-23)43-29-30(42-20-19-41-29)44-28-17-13-24(14-18-28)22-34-38-32(40)36-26-9-5-2-6-10-26/h1-18,21-22,29-30H,19-20H2,(H2,35,37,39)(H2,36,38,40)/b33-21-,34-22+/t29-,30+/m0/s1. The lowest BCUT2D eigenvalue weighted by Crippen LogP contribution is -2.45. The number of nitrogens with zero attached hydrogens (tertiary/aromatic N) is 2. The van der Waals surface area contributed by atoms with E-state index in [1.807, 2.05) is 36.4 Å². The number of para-hydroxylation sites is 2. The molecule has 44 heavy (non-hydrogen) atoms. The molecule has 0 saturated carbocycles. The first kappa shape index (κ1) is 29.8. The van der Waals surface area contributed by atoms with E-state index in [0.29, 0.717) is 36.1 Å². The van der Waals surface area contributed by atoms with Crippen molar-refractivity contribution in [2.45, 2.75) is 12.6 Å². The molecule has 12 heteroatoms. The predicted octanol–water partition coefficient (Wildman–Crippen LogP) is 5.15. The maximum absolute atomic E-state index is 12.0. The van der Waals surface area contributed by atoms with Gasteiger partial charge in [-0.2, -0.15) is 10.2 Å². The fourth-order valence-corrected chi connectivity index (χ4v) is 3.89. The third kappa shape index (κ3) is 9.41. The lowest BCUT2D eigenvalue weighted by molar-refractivity contribution is -0.271. The number of hydrazone groups is 2. The molecule has 4 aromatic carbocycles. The molecule has 0 unspecified atom stereocenters. The van der Waals surface area contributed by atoms with Crippen LogP contribution in [-0.4, -0.2) is 50.3 Å². The number of rotatable bonds is 10. The number of ether oxygens (including phenoxy) is 4. The maximum Gasteiger partial charge on any atom is 0.339 e. The fourth-order valence-electron chi connectivity index (χ4n) is 3.89. The Balaban J connectivity index is 1.08. The molecule has 5 rings (SSSR count). The lowest BCUT2D eigenvalue weighted by atomic mass is 10.2. The first-order valence-corrected chi connectivity index (χ1v) is 13.7. The molecule has 1 aliphatic heterocycles. The molecule has 1 saturated heterocycles. The summed E-state index contributed by atoms with van der Waals surface area (Å²) in [6, 6.07) is 31.4. The van der Waals surface area contributed by atoms with Gasteiger partial charge in [0.1, 0.15) is 11.5 Å². The number of benzene rings is 4.